The van der Waals surface area contributed by atoms with Gasteiger partial charge >= 0.3 is 0 Å². The van der Waals surface area contributed by atoms with E-state index in [9.17, 15) is 0 Å². The average Bonchev–Trinajstić information content (AvgIpc) is 2.70. The van der Waals surface area contributed by atoms with Gasteiger partial charge in [-0.2, -0.15) is 5.10 Å². The number of nitrogens with zero attached hydrogens (tertiary/aromatic N) is 1. The summed E-state index contributed by atoms with van der Waals surface area (Å²) in [6, 6.07) is 7.80. The molecule has 0 unspecified atom stereocenters. The van der Waals surface area contributed by atoms with Crippen LogP contribution in [-0.4, -0.2) is 16.5 Å². The Hall–Kier alpha value is -0.930. The van der Waals surface area contributed by atoms with Gasteiger partial charge in [0.15, 0.2) is 0 Å². The molecule has 0 atom stereocenters. The first kappa shape index (κ1) is 9.62. The van der Waals surface area contributed by atoms with Gasteiger partial charge in [0.05, 0.1) is 10.7 Å². The van der Waals surface area contributed by atoms with Gasteiger partial charge in [-0.05, 0) is 24.5 Å². The Kier molecular flexibility index (Phi) is 2.79. The van der Waals surface area contributed by atoms with Crippen molar-refractivity contribution in [1.82, 2.24) is 10.2 Å². The molecule has 1 heterocycles. The zero-order valence-electron chi connectivity index (χ0n) is 7.62. The molecular weight excluding hydrogens is 216 g/mol. The molecule has 2 aromatic rings. The van der Waals surface area contributed by atoms with Gasteiger partial charge in [0, 0.05) is 16.7 Å². The van der Waals surface area contributed by atoms with Gasteiger partial charge in [-0.15, -0.1) is 11.8 Å². The number of rotatable bonds is 2. The third-order valence-corrected chi connectivity index (χ3v) is 3.06. The van der Waals surface area contributed by atoms with Crippen molar-refractivity contribution in [2.45, 2.75) is 4.90 Å². The van der Waals surface area contributed by atoms with Crippen LogP contribution in [-0.2, 0) is 0 Å². The van der Waals surface area contributed by atoms with E-state index in [-0.39, 0.29) is 0 Å². The summed E-state index contributed by atoms with van der Waals surface area (Å²) in [6.07, 6.45) is 3.76. The Morgan fingerprint density at radius 2 is 2.21 bits per heavy atom. The predicted octanol–water partition coefficient (Wildman–Crippen LogP) is 3.45. The van der Waals surface area contributed by atoms with Gasteiger partial charge in [-0.3, -0.25) is 5.10 Å². The third kappa shape index (κ3) is 1.65. The number of thioether (sulfide) groups is 1. The summed E-state index contributed by atoms with van der Waals surface area (Å²) in [4.78, 5) is 1.15. The van der Waals surface area contributed by atoms with Gasteiger partial charge in [-0.1, -0.05) is 17.7 Å². The van der Waals surface area contributed by atoms with E-state index in [4.69, 9.17) is 11.6 Å². The van der Waals surface area contributed by atoms with Gasteiger partial charge in [0.2, 0.25) is 0 Å². The smallest absolute Gasteiger partial charge is 0.0676 e. The minimum atomic E-state index is 0.751. The van der Waals surface area contributed by atoms with Gasteiger partial charge < -0.3 is 0 Å². The predicted molar refractivity (Wildman–Crippen MR) is 60.8 cm³/mol. The molecule has 0 saturated heterocycles. The number of H-pyrrole nitrogens is 1. The molecular formula is C10H9ClN2S. The lowest BCUT2D eigenvalue weighted by Gasteiger charge is -2.06. The summed E-state index contributed by atoms with van der Waals surface area (Å²) >= 11 is 7.81. The lowest BCUT2D eigenvalue weighted by molar-refractivity contribution is 1.09. The molecule has 0 saturated carbocycles. The molecule has 2 rings (SSSR count). The van der Waals surface area contributed by atoms with Crippen molar-refractivity contribution in [1.29, 1.82) is 0 Å². The fraction of sp³-hybridized carbons (Fsp3) is 0.100. The van der Waals surface area contributed by atoms with E-state index in [1.165, 1.54) is 0 Å². The molecule has 0 fully saturated rings. The molecule has 0 spiro atoms. The fourth-order valence-corrected chi connectivity index (χ4v) is 2.30. The Labute approximate surface area is 91.7 Å². The van der Waals surface area contributed by atoms with Crippen LogP contribution in [0.4, 0.5) is 0 Å². The lowest BCUT2D eigenvalue weighted by atomic mass is 10.1. The van der Waals surface area contributed by atoms with E-state index in [1.807, 2.05) is 30.5 Å². The van der Waals surface area contributed by atoms with Gasteiger partial charge in [0.1, 0.15) is 0 Å². The van der Waals surface area contributed by atoms with E-state index in [1.54, 1.807) is 18.0 Å². The number of hydrogen-bond acceptors (Lipinski definition) is 2. The summed E-state index contributed by atoms with van der Waals surface area (Å²) in [5.74, 6) is 0. The zero-order valence-corrected chi connectivity index (χ0v) is 9.19. The summed E-state index contributed by atoms with van der Waals surface area (Å²) < 4.78 is 0. The van der Waals surface area contributed by atoms with Crippen molar-refractivity contribution in [3.63, 3.8) is 0 Å². The molecule has 4 heteroatoms. The van der Waals surface area contributed by atoms with Crippen LogP contribution in [0.3, 0.4) is 0 Å². The number of aromatic nitrogens is 2. The summed E-state index contributed by atoms with van der Waals surface area (Å²) in [6.45, 7) is 0. The van der Waals surface area contributed by atoms with E-state index in [0.29, 0.717) is 0 Å². The van der Waals surface area contributed by atoms with Crippen LogP contribution < -0.4 is 0 Å². The Morgan fingerprint density at radius 1 is 1.36 bits per heavy atom. The highest BCUT2D eigenvalue weighted by atomic mass is 35.5. The number of halogens is 1. The van der Waals surface area contributed by atoms with E-state index in [2.05, 4.69) is 10.2 Å². The molecule has 1 N–H and O–H groups in total. The first-order valence-corrected chi connectivity index (χ1v) is 5.75. The molecule has 1 aromatic heterocycles. The first-order chi connectivity index (χ1) is 6.83. The van der Waals surface area contributed by atoms with Crippen LogP contribution in [0.5, 0.6) is 0 Å². The molecule has 0 aliphatic heterocycles. The van der Waals surface area contributed by atoms with Crippen molar-refractivity contribution in [3.8, 4) is 11.3 Å². The monoisotopic (exact) mass is 224 g/mol. The molecule has 0 amide bonds. The highest BCUT2D eigenvalue weighted by Crippen LogP contribution is 2.34. The molecule has 72 valence electrons. The second kappa shape index (κ2) is 4.07. The molecule has 0 aliphatic rings. The lowest BCUT2D eigenvalue weighted by Crippen LogP contribution is -1.83. The van der Waals surface area contributed by atoms with E-state index >= 15 is 0 Å². The number of benzene rings is 1. The number of nitrogens with one attached hydrogen (secondary N) is 1. The van der Waals surface area contributed by atoms with E-state index < -0.39 is 0 Å². The van der Waals surface area contributed by atoms with Gasteiger partial charge in [-0.25, -0.2) is 0 Å². The van der Waals surface area contributed by atoms with Crippen molar-refractivity contribution in [3.05, 3.63) is 35.5 Å². The first-order valence-electron chi connectivity index (χ1n) is 4.15. The molecule has 14 heavy (non-hydrogen) atoms. The minimum absolute atomic E-state index is 0.751. The minimum Gasteiger partial charge on any atom is -0.278 e. The van der Waals surface area contributed by atoms with Crippen LogP contribution in [0.15, 0.2) is 35.4 Å². The Bertz CT molecular complexity index is 426. The van der Waals surface area contributed by atoms with E-state index in [0.717, 1.165) is 21.2 Å². The maximum atomic E-state index is 6.14. The molecule has 0 aliphatic carbocycles. The molecule has 1 aromatic carbocycles. The largest absolute Gasteiger partial charge is 0.278 e. The molecule has 0 bridgehead atoms. The molecule has 0 radical (unpaired) electrons. The van der Waals surface area contributed by atoms with Crippen LogP contribution in [0.2, 0.25) is 5.02 Å². The average molecular weight is 225 g/mol. The zero-order chi connectivity index (χ0) is 9.97. The van der Waals surface area contributed by atoms with Crippen LogP contribution >= 0.6 is 23.4 Å². The number of hydrogen-bond donors (Lipinski definition) is 1. The second-order valence-corrected chi connectivity index (χ2v) is 4.04. The van der Waals surface area contributed by atoms with Crippen molar-refractivity contribution < 1.29 is 0 Å². The SMILES string of the molecule is CSc1cccc(Cl)c1-c1ccn[nH]1. The number of aromatic amines is 1. The maximum Gasteiger partial charge on any atom is 0.0676 e. The maximum absolute atomic E-state index is 6.14. The second-order valence-electron chi connectivity index (χ2n) is 2.79. The third-order valence-electron chi connectivity index (χ3n) is 1.97. The standard InChI is InChI=1S/C10H9ClN2S/c1-14-9-4-2-3-7(11)10(9)8-5-6-12-13-8/h2-6H,1H3,(H,12,13). The van der Waals surface area contributed by atoms with Crippen molar-refractivity contribution >= 4 is 23.4 Å². The summed E-state index contributed by atoms with van der Waals surface area (Å²) in [7, 11) is 0. The Morgan fingerprint density at radius 3 is 2.86 bits per heavy atom. The fourth-order valence-electron chi connectivity index (χ4n) is 1.33. The van der Waals surface area contributed by atoms with Crippen LogP contribution in [0.1, 0.15) is 0 Å². The van der Waals surface area contributed by atoms with Crippen molar-refractivity contribution in [2.75, 3.05) is 6.26 Å². The highest BCUT2D eigenvalue weighted by molar-refractivity contribution is 7.98. The van der Waals surface area contributed by atoms with Crippen molar-refractivity contribution in [2.24, 2.45) is 0 Å². The van der Waals surface area contributed by atoms with Gasteiger partial charge in [0.25, 0.3) is 0 Å². The van der Waals surface area contributed by atoms with Crippen LogP contribution in [0.25, 0.3) is 11.3 Å². The van der Waals surface area contributed by atoms with Crippen LogP contribution in [0, 0.1) is 0 Å². The Balaban J connectivity index is 2.61. The molecule has 2 nitrogen and oxygen atoms in total. The topological polar surface area (TPSA) is 28.7 Å². The quantitative estimate of drug-likeness (QED) is 0.792. The summed E-state index contributed by atoms with van der Waals surface area (Å²) in [5, 5.41) is 7.59. The normalized spacial score (nSPS) is 10.4. The highest BCUT2D eigenvalue weighted by Gasteiger charge is 2.09. The summed E-state index contributed by atoms with van der Waals surface area (Å²) in [5.41, 5.74) is 1.99.